The highest BCUT2D eigenvalue weighted by Crippen LogP contribution is 2.36. The van der Waals surface area contributed by atoms with Crippen LogP contribution in [0.2, 0.25) is 0 Å². The van der Waals surface area contributed by atoms with E-state index in [1.807, 2.05) is 12.3 Å². The molecule has 5 rings (SSSR count). The van der Waals surface area contributed by atoms with Gasteiger partial charge in [-0.25, -0.2) is 0 Å². The van der Waals surface area contributed by atoms with Gasteiger partial charge in [-0.2, -0.15) is 0 Å². The summed E-state index contributed by atoms with van der Waals surface area (Å²) in [4.78, 5) is 4.64. The van der Waals surface area contributed by atoms with Gasteiger partial charge in [0.15, 0.2) is 0 Å². The minimum atomic E-state index is 1.08. The van der Waals surface area contributed by atoms with Crippen molar-refractivity contribution < 1.29 is 0 Å². The van der Waals surface area contributed by atoms with Gasteiger partial charge in [-0.1, -0.05) is 6.07 Å². The molecule has 0 radical (unpaired) electrons. The third-order valence-electron chi connectivity index (χ3n) is 4.71. The van der Waals surface area contributed by atoms with Crippen LogP contribution in [0.25, 0.3) is 43.5 Å². The number of fused-ring (bicyclic) bond motifs is 7. The van der Waals surface area contributed by atoms with Crippen LogP contribution in [-0.2, 0) is 14.1 Å². The van der Waals surface area contributed by atoms with Gasteiger partial charge < -0.3 is 9.13 Å². The van der Waals surface area contributed by atoms with Gasteiger partial charge in [0.2, 0.25) is 0 Å². The van der Waals surface area contributed by atoms with Crippen LogP contribution < -0.4 is 0 Å². The maximum absolute atomic E-state index is 4.64. The summed E-state index contributed by atoms with van der Waals surface area (Å²) in [7, 11) is 4.20. The number of aryl methyl sites for hydroxylation is 2. The molecule has 3 heteroatoms. The molecule has 22 heavy (non-hydrogen) atoms. The molecule has 0 atom stereocenters. The first-order valence-corrected chi connectivity index (χ1v) is 7.44. The van der Waals surface area contributed by atoms with Crippen LogP contribution in [-0.4, -0.2) is 14.1 Å². The van der Waals surface area contributed by atoms with Crippen molar-refractivity contribution in [1.82, 2.24) is 14.1 Å². The van der Waals surface area contributed by atoms with Crippen molar-refractivity contribution in [2.75, 3.05) is 0 Å². The molecule has 3 heterocycles. The Kier molecular flexibility index (Phi) is 2.09. The summed E-state index contributed by atoms with van der Waals surface area (Å²) >= 11 is 0. The highest BCUT2D eigenvalue weighted by Gasteiger charge is 2.13. The van der Waals surface area contributed by atoms with Crippen LogP contribution in [0.1, 0.15) is 0 Å². The maximum Gasteiger partial charge on any atom is 0.0802 e. The lowest BCUT2D eigenvalue weighted by atomic mass is 10.00. The summed E-state index contributed by atoms with van der Waals surface area (Å²) in [6.45, 7) is 0. The summed E-state index contributed by atoms with van der Waals surface area (Å²) < 4.78 is 4.37. The first-order valence-electron chi connectivity index (χ1n) is 7.44. The molecule has 2 aromatic carbocycles. The van der Waals surface area contributed by atoms with Crippen molar-refractivity contribution in [3.8, 4) is 0 Å². The van der Waals surface area contributed by atoms with Crippen molar-refractivity contribution in [3.05, 3.63) is 55.0 Å². The summed E-state index contributed by atoms with van der Waals surface area (Å²) in [6, 6.07) is 13.1. The number of pyridine rings is 1. The molecule has 0 unspecified atom stereocenters. The van der Waals surface area contributed by atoms with Gasteiger partial charge in [0.1, 0.15) is 0 Å². The van der Waals surface area contributed by atoms with E-state index in [9.17, 15) is 0 Å². The van der Waals surface area contributed by atoms with Gasteiger partial charge >= 0.3 is 0 Å². The smallest absolute Gasteiger partial charge is 0.0802 e. The maximum atomic E-state index is 4.64. The molecular weight excluding hydrogens is 270 g/mol. The number of rotatable bonds is 0. The molecule has 0 fully saturated rings. The largest absolute Gasteiger partial charge is 0.351 e. The topological polar surface area (TPSA) is 22.8 Å². The fourth-order valence-corrected chi connectivity index (χ4v) is 3.63. The zero-order valence-electron chi connectivity index (χ0n) is 12.5. The molecule has 0 amide bonds. The van der Waals surface area contributed by atoms with Gasteiger partial charge in [0.05, 0.1) is 11.0 Å². The van der Waals surface area contributed by atoms with Crippen LogP contribution in [0.3, 0.4) is 0 Å². The molecule has 5 aromatic rings. The Balaban J connectivity index is 2.20. The first-order chi connectivity index (χ1) is 10.7. The van der Waals surface area contributed by atoms with Crippen molar-refractivity contribution in [1.29, 1.82) is 0 Å². The highest BCUT2D eigenvalue weighted by molar-refractivity contribution is 6.25. The second-order valence-corrected chi connectivity index (χ2v) is 5.97. The Labute approximate surface area is 127 Å². The Hall–Kier alpha value is -2.81. The fourth-order valence-electron chi connectivity index (χ4n) is 3.63. The Morgan fingerprint density at radius 1 is 0.818 bits per heavy atom. The molecule has 0 aliphatic rings. The second kappa shape index (κ2) is 3.89. The zero-order chi connectivity index (χ0) is 14.8. The average Bonchev–Trinajstić information content (AvgIpc) is 3.10. The third-order valence-corrected chi connectivity index (χ3v) is 4.71. The Morgan fingerprint density at radius 3 is 2.59 bits per heavy atom. The molecule has 3 aromatic heterocycles. The Bertz CT molecular complexity index is 1190. The van der Waals surface area contributed by atoms with Crippen LogP contribution in [0.15, 0.2) is 55.0 Å². The molecular formula is C19H15N3. The predicted octanol–water partition coefficient (Wildman–Crippen LogP) is 4.37. The van der Waals surface area contributed by atoms with Crippen LogP contribution in [0.5, 0.6) is 0 Å². The van der Waals surface area contributed by atoms with E-state index in [1.165, 1.54) is 38.0 Å². The number of aromatic nitrogens is 3. The van der Waals surface area contributed by atoms with E-state index in [-0.39, 0.29) is 0 Å². The molecule has 3 nitrogen and oxygen atoms in total. The molecule has 106 valence electrons. The first kappa shape index (κ1) is 11.8. The molecule has 0 aliphatic heterocycles. The van der Waals surface area contributed by atoms with E-state index in [1.54, 1.807) is 0 Å². The fraction of sp³-hybridized carbons (Fsp3) is 0.105. The zero-order valence-corrected chi connectivity index (χ0v) is 12.5. The lowest BCUT2D eigenvalue weighted by Crippen LogP contribution is -1.90. The summed E-state index contributed by atoms with van der Waals surface area (Å²) in [6.07, 6.45) is 6.11. The lowest BCUT2D eigenvalue weighted by molar-refractivity contribution is 0.969. The molecule has 0 aliphatic carbocycles. The van der Waals surface area contributed by atoms with Crippen LogP contribution in [0, 0.1) is 0 Å². The van der Waals surface area contributed by atoms with E-state index in [4.69, 9.17) is 0 Å². The summed E-state index contributed by atoms with van der Waals surface area (Å²) in [5.74, 6) is 0. The monoisotopic (exact) mass is 285 g/mol. The van der Waals surface area contributed by atoms with E-state index >= 15 is 0 Å². The van der Waals surface area contributed by atoms with Crippen molar-refractivity contribution >= 4 is 43.5 Å². The molecule has 0 saturated heterocycles. The van der Waals surface area contributed by atoms with Crippen molar-refractivity contribution in [2.45, 2.75) is 0 Å². The van der Waals surface area contributed by atoms with Gasteiger partial charge in [0.25, 0.3) is 0 Å². The predicted molar refractivity (Wildman–Crippen MR) is 92.2 cm³/mol. The molecule has 0 saturated carbocycles. The third kappa shape index (κ3) is 1.33. The quantitative estimate of drug-likeness (QED) is 0.387. The molecule has 0 N–H and O–H groups in total. The van der Waals surface area contributed by atoms with Crippen molar-refractivity contribution in [3.63, 3.8) is 0 Å². The van der Waals surface area contributed by atoms with E-state index in [2.05, 4.69) is 70.9 Å². The lowest BCUT2D eigenvalue weighted by Gasteiger charge is -2.09. The SMILES string of the molecule is Cn1ccc2cc3c(cc21)c1cccnc1c1ccn(C)c31. The van der Waals surface area contributed by atoms with Gasteiger partial charge in [-0.3, -0.25) is 4.98 Å². The minimum Gasteiger partial charge on any atom is -0.351 e. The number of nitrogens with zero attached hydrogens (tertiary/aromatic N) is 3. The van der Waals surface area contributed by atoms with Gasteiger partial charge in [-0.15, -0.1) is 0 Å². The minimum absolute atomic E-state index is 1.08. The average molecular weight is 285 g/mol. The number of hydrogen-bond donors (Lipinski definition) is 0. The van der Waals surface area contributed by atoms with E-state index in [0.29, 0.717) is 0 Å². The van der Waals surface area contributed by atoms with E-state index < -0.39 is 0 Å². The summed E-state index contributed by atoms with van der Waals surface area (Å²) in [5.41, 5.74) is 3.59. The molecule has 0 bridgehead atoms. The number of hydrogen-bond acceptors (Lipinski definition) is 1. The van der Waals surface area contributed by atoms with Gasteiger partial charge in [-0.05, 0) is 35.7 Å². The van der Waals surface area contributed by atoms with Gasteiger partial charge in [0, 0.05) is 59.7 Å². The standard InChI is InChI=1S/C19H15N3/c1-21-8-5-12-10-16-15(11-17(12)21)13-4-3-7-20-18(13)14-6-9-22(2)19(14)16/h3-11H,1-2H3. The summed E-state index contributed by atoms with van der Waals surface area (Å²) in [5, 5.41) is 6.29. The highest BCUT2D eigenvalue weighted by atomic mass is 14.9. The van der Waals surface area contributed by atoms with E-state index in [0.717, 1.165) is 5.52 Å². The normalized spacial score (nSPS) is 12.1. The second-order valence-electron chi connectivity index (χ2n) is 5.97. The Morgan fingerprint density at radius 2 is 1.68 bits per heavy atom. The molecule has 0 spiro atoms. The van der Waals surface area contributed by atoms with Crippen molar-refractivity contribution in [2.24, 2.45) is 14.1 Å². The van der Waals surface area contributed by atoms with Crippen LogP contribution >= 0.6 is 0 Å². The van der Waals surface area contributed by atoms with Crippen LogP contribution in [0.4, 0.5) is 0 Å². The number of benzene rings is 2.